The van der Waals surface area contributed by atoms with Crippen molar-refractivity contribution in [1.29, 1.82) is 0 Å². The minimum Gasteiger partial charge on any atom is -0.491 e. The quantitative estimate of drug-likeness (QED) is 0.856. The van der Waals surface area contributed by atoms with Gasteiger partial charge in [-0.3, -0.25) is 0 Å². The molecule has 17 heavy (non-hydrogen) atoms. The van der Waals surface area contributed by atoms with Crippen LogP contribution in [-0.2, 0) is 4.74 Å². The smallest absolute Gasteiger partial charge is 0.358 e. The fourth-order valence-corrected chi connectivity index (χ4v) is 1.86. The summed E-state index contributed by atoms with van der Waals surface area (Å²) in [4.78, 5) is 14.6. The van der Waals surface area contributed by atoms with E-state index in [4.69, 9.17) is 21.1 Å². The van der Waals surface area contributed by atoms with Crippen LogP contribution in [0.2, 0.25) is 5.02 Å². The first-order chi connectivity index (χ1) is 8.17. The van der Waals surface area contributed by atoms with E-state index in [0.29, 0.717) is 23.1 Å². The van der Waals surface area contributed by atoms with Gasteiger partial charge in [-0.2, -0.15) is 0 Å². The summed E-state index contributed by atoms with van der Waals surface area (Å²) in [5.41, 5.74) is 1.06. The molecule has 0 atom stereocenters. The Morgan fingerprint density at radius 1 is 1.47 bits per heavy atom. The van der Waals surface area contributed by atoms with Gasteiger partial charge in [-0.1, -0.05) is 11.6 Å². The summed E-state index contributed by atoms with van der Waals surface area (Å²) < 4.78 is 10.2. The van der Waals surface area contributed by atoms with Crippen LogP contribution in [0.3, 0.4) is 0 Å². The van der Waals surface area contributed by atoms with Crippen molar-refractivity contribution < 1.29 is 14.3 Å². The Morgan fingerprint density at radius 2 is 2.24 bits per heavy atom. The van der Waals surface area contributed by atoms with Gasteiger partial charge in [0.2, 0.25) is 0 Å². The monoisotopic (exact) mass is 253 g/mol. The molecule has 90 valence electrons. The number of hydrogen-bond donors (Lipinski definition) is 1. The van der Waals surface area contributed by atoms with Crippen LogP contribution in [0.5, 0.6) is 5.75 Å². The van der Waals surface area contributed by atoms with Crippen LogP contribution >= 0.6 is 11.6 Å². The van der Waals surface area contributed by atoms with Crippen LogP contribution in [0.1, 0.15) is 17.4 Å². The highest BCUT2D eigenvalue weighted by atomic mass is 35.5. The summed E-state index contributed by atoms with van der Waals surface area (Å²) in [6.45, 7) is 2.33. The lowest BCUT2D eigenvalue weighted by atomic mass is 10.2. The van der Waals surface area contributed by atoms with E-state index in [1.807, 2.05) is 13.0 Å². The standard InChI is InChI=1S/C12H12ClNO3/c1-3-17-11-8-5-4-7(13)6-9(8)14-10(11)12(15)16-2/h4-6,14H,3H2,1-2H3. The van der Waals surface area contributed by atoms with Gasteiger partial charge in [-0.15, -0.1) is 0 Å². The summed E-state index contributed by atoms with van der Waals surface area (Å²) in [7, 11) is 1.33. The molecule has 2 rings (SSSR count). The summed E-state index contributed by atoms with van der Waals surface area (Å²) in [5, 5.41) is 1.41. The number of carbonyl (C=O) groups excluding carboxylic acids is 1. The third kappa shape index (κ3) is 2.08. The highest BCUT2D eigenvalue weighted by Crippen LogP contribution is 2.32. The number of H-pyrrole nitrogens is 1. The highest BCUT2D eigenvalue weighted by molar-refractivity contribution is 6.31. The minimum absolute atomic E-state index is 0.312. The average molecular weight is 254 g/mol. The van der Waals surface area contributed by atoms with Crippen molar-refractivity contribution in [2.75, 3.05) is 13.7 Å². The molecule has 0 radical (unpaired) electrons. The second kappa shape index (κ2) is 4.67. The Morgan fingerprint density at radius 3 is 2.88 bits per heavy atom. The number of benzene rings is 1. The van der Waals surface area contributed by atoms with Gasteiger partial charge in [-0.25, -0.2) is 4.79 Å². The van der Waals surface area contributed by atoms with Gasteiger partial charge in [0.15, 0.2) is 11.4 Å². The predicted octanol–water partition coefficient (Wildman–Crippen LogP) is 3.01. The minimum atomic E-state index is -0.458. The lowest BCUT2D eigenvalue weighted by Gasteiger charge is -2.03. The molecule has 0 bridgehead atoms. The molecule has 0 fully saturated rings. The van der Waals surface area contributed by atoms with Crippen molar-refractivity contribution in [3.63, 3.8) is 0 Å². The molecule has 0 saturated carbocycles. The van der Waals surface area contributed by atoms with Crippen LogP contribution < -0.4 is 4.74 Å². The van der Waals surface area contributed by atoms with Gasteiger partial charge in [0, 0.05) is 10.4 Å². The van der Waals surface area contributed by atoms with Crippen LogP contribution in [0, 0.1) is 0 Å². The molecule has 0 aliphatic heterocycles. The Hall–Kier alpha value is -1.68. The van der Waals surface area contributed by atoms with Crippen molar-refractivity contribution in [1.82, 2.24) is 4.98 Å². The lowest BCUT2D eigenvalue weighted by Crippen LogP contribution is -2.04. The molecule has 0 saturated heterocycles. The molecule has 0 aliphatic carbocycles. The van der Waals surface area contributed by atoms with Crippen LogP contribution in [0.25, 0.3) is 10.9 Å². The first kappa shape index (κ1) is 11.8. The molecular formula is C12H12ClNO3. The molecule has 0 aliphatic rings. The number of nitrogens with one attached hydrogen (secondary N) is 1. The summed E-state index contributed by atoms with van der Waals surface area (Å²) in [5.74, 6) is 0.0480. The number of esters is 1. The van der Waals surface area contributed by atoms with E-state index in [-0.39, 0.29) is 0 Å². The highest BCUT2D eigenvalue weighted by Gasteiger charge is 2.19. The molecule has 1 heterocycles. The van der Waals surface area contributed by atoms with E-state index in [1.54, 1.807) is 12.1 Å². The molecule has 1 N–H and O–H groups in total. The number of methoxy groups -OCH3 is 1. The molecule has 0 spiro atoms. The largest absolute Gasteiger partial charge is 0.491 e. The maximum Gasteiger partial charge on any atom is 0.358 e. The van der Waals surface area contributed by atoms with Gasteiger partial charge in [0.25, 0.3) is 0 Å². The number of carbonyl (C=O) groups is 1. The van der Waals surface area contributed by atoms with Crippen LogP contribution in [-0.4, -0.2) is 24.7 Å². The van der Waals surface area contributed by atoms with Gasteiger partial charge in [0.05, 0.1) is 19.2 Å². The van der Waals surface area contributed by atoms with E-state index in [9.17, 15) is 4.79 Å². The predicted molar refractivity (Wildman–Crippen MR) is 65.8 cm³/mol. The van der Waals surface area contributed by atoms with Crippen molar-refractivity contribution in [2.24, 2.45) is 0 Å². The summed E-state index contributed by atoms with van der Waals surface area (Å²) in [6, 6.07) is 5.30. The van der Waals surface area contributed by atoms with Crippen LogP contribution in [0.15, 0.2) is 18.2 Å². The summed E-state index contributed by atoms with van der Waals surface area (Å²) >= 11 is 5.89. The van der Waals surface area contributed by atoms with Crippen LogP contribution in [0.4, 0.5) is 0 Å². The average Bonchev–Trinajstić information content (AvgIpc) is 2.67. The van der Waals surface area contributed by atoms with Gasteiger partial charge in [0.1, 0.15) is 0 Å². The molecule has 1 aromatic heterocycles. The normalized spacial score (nSPS) is 10.5. The van der Waals surface area contributed by atoms with Gasteiger partial charge >= 0.3 is 5.97 Å². The number of fused-ring (bicyclic) bond motifs is 1. The maximum atomic E-state index is 11.6. The SMILES string of the molecule is CCOc1c(C(=O)OC)[nH]c2cc(Cl)ccc12. The fraction of sp³-hybridized carbons (Fsp3) is 0.250. The Kier molecular flexibility index (Phi) is 3.24. The molecule has 2 aromatic rings. The number of aromatic amines is 1. The van der Waals surface area contributed by atoms with Gasteiger partial charge in [-0.05, 0) is 25.1 Å². The Bertz CT molecular complexity index is 562. The second-order valence-electron chi connectivity index (χ2n) is 3.44. The van der Waals surface area contributed by atoms with Gasteiger partial charge < -0.3 is 14.5 Å². The maximum absolute atomic E-state index is 11.6. The molecule has 0 amide bonds. The number of halogens is 1. The first-order valence-electron chi connectivity index (χ1n) is 5.19. The van der Waals surface area contributed by atoms with E-state index < -0.39 is 5.97 Å². The molecule has 5 heteroatoms. The molecule has 0 unspecified atom stereocenters. The number of ether oxygens (including phenoxy) is 2. The van der Waals surface area contributed by atoms with E-state index in [2.05, 4.69) is 4.98 Å². The summed E-state index contributed by atoms with van der Waals surface area (Å²) in [6.07, 6.45) is 0. The number of rotatable bonds is 3. The lowest BCUT2D eigenvalue weighted by molar-refractivity contribution is 0.0590. The van der Waals surface area contributed by atoms with Crippen molar-refractivity contribution in [3.05, 3.63) is 28.9 Å². The third-order valence-corrected chi connectivity index (χ3v) is 2.63. The van der Waals surface area contributed by atoms with Crippen molar-refractivity contribution in [2.45, 2.75) is 6.92 Å². The van der Waals surface area contributed by atoms with E-state index in [0.717, 1.165) is 10.9 Å². The Labute approximate surface area is 103 Å². The van der Waals surface area contributed by atoms with Crippen molar-refractivity contribution >= 4 is 28.5 Å². The van der Waals surface area contributed by atoms with E-state index >= 15 is 0 Å². The molecule has 1 aromatic carbocycles. The zero-order chi connectivity index (χ0) is 12.4. The zero-order valence-corrected chi connectivity index (χ0v) is 10.3. The topological polar surface area (TPSA) is 51.3 Å². The molecular weight excluding hydrogens is 242 g/mol. The molecule has 4 nitrogen and oxygen atoms in total. The van der Waals surface area contributed by atoms with Crippen molar-refractivity contribution in [3.8, 4) is 5.75 Å². The number of aromatic nitrogens is 1. The Balaban J connectivity index is 2.65. The zero-order valence-electron chi connectivity index (χ0n) is 9.54. The second-order valence-corrected chi connectivity index (χ2v) is 3.88. The van der Waals surface area contributed by atoms with E-state index in [1.165, 1.54) is 7.11 Å². The fourth-order valence-electron chi connectivity index (χ4n) is 1.68. The first-order valence-corrected chi connectivity index (χ1v) is 5.57. The number of hydrogen-bond acceptors (Lipinski definition) is 3. The third-order valence-electron chi connectivity index (χ3n) is 2.39.